The second-order valence-electron chi connectivity index (χ2n) is 5.20. The minimum absolute atomic E-state index is 0.0516. The van der Waals surface area contributed by atoms with Gasteiger partial charge in [0, 0.05) is 25.3 Å². The van der Waals surface area contributed by atoms with Crippen molar-refractivity contribution in [1.29, 1.82) is 0 Å². The van der Waals surface area contributed by atoms with Crippen molar-refractivity contribution in [3.8, 4) is 0 Å². The van der Waals surface area contributed by atoms with E-state index >= 15 is 0 Å². The highest BCUT2D eigenvalue weighted by molar-refractivity contribution is 6.33. The zero-order valence-electron chi connectivity index (χ0n) is 13.3. The first kappa shape index (κ1) is 17.9. The Kier molecular flexibility index (Phi) is 6.25. The van der Waals surface area contributed by atoms with E-state index in [0.717, 1.165) is 5.69 Å². The van der Waals surface area contributed by atoms with E-state index in [1.165, 1.54) is 0 Å². The molecule has 1 saturated heterocycles. The van der Waals surface area contributed by atoms with Gasteiger partial charge in [-0.15, -0.1) is 0 Å². The summed E-state index contributed by atoms with van der Waals surface area (Å²) in [6, 6.07) is 4.55. The van der Waals surface area contributed by atoms with Gasteiger partial charge in [-0.2, -0.15) is 0 Å². The third-order valence-corrected chi connectivity index (χ3v) is 3.67. The average Bonchev–Trinajstić information content (AvgIpc) is 2.53. The lowest BCUT2D eigenvalue weighted by molar-refractivity contribution is -0.121. The molecule has 8 nitrogen and oxygen atoms in total. The second kappa shape index (κ2) is 8.39. The summed E-state index contributed by atoms with van der Waals surface area (Å²) in [6.45, 7) is 3.69. The second-order valence-corrected chi connectivity index (χ2v) is 5.61. The van der Waals surface area contributed by atoms with Gasteiger partial charge in [0.05, 0.1) is 23.8 Å². The van der Waals surface area contributed by atoms with Crippen molar-refractivity contribution in [2.75, 3.05) is 42.9 Å². The highest BCUT2D eigenvalue weighted by Gasteiger charge is 2.18. The molecule has 0 atom stereocenters. The van der Waals surface area contributed by atoms with Crippen LogP contribution < -0.4 is 26.2 Å². The first-order valence-electron chi connectivity index (χ1n) is 7.62. The van der Waals surface area contributed by atoms with E-state index in [-0.39, 0.29) is 24.9 Å². The van der Waals surface area contributed by atoms with Crippen LogP contribution >= 0.6 is 11.6 Å². The molecule has 1 aromatic rings. The van der Waals surface area contributed by atoms with Crippen molar-refractivity contribution in [1.82, 2.24) is 16.0 Å². The fourth-order valence-electron chi connectivity index (χ4n) is 2.28. The number of carbonyl (C=O) groups is 3. The Morgan fingerprint density at radius 1 is 1.33 bits per heavy atom. The topological polar surface area (TPSA) is 103 Å². The first-order chi connectivity index (χ1) is 11.5. The van der Waals surface area contributed by atoms with Gasteiger partial charge in [-0.05, 0) is 25.1 Å². The van der Waals surface area contributed by atoms with E-state index in [9.17, 15) is 14.4 Å². The molecule has 24 heavy (non-hydrogen) atoms. The van der Waals surface area contributed by atoms with Crippen LogP contribution in [0.25, 0.3) is 0 Å². The van der Waals surface area contributed by atoms with E-state index in [0.29, 0.717) is 30.3 Å². The Labute approximate surface area is 144 Å². The van der Waals surface area contributed by atoms with Gasteiger partial charge in [0.1, 0.15) is 0 Å². The SMILES string of the molecule is CCNC(=O)CNC(=O)Nc1ccc(N2CCNC(=O)C2)c(Cl)c1. The lowest BCUT2D eigenvalue weighted by Crippen LogP contribution is -2.47. The molecular formula is C15H20ClN5O3. The maximum atomic E-state index is 11.8. The summed E-state index contributed by atoms with van der Waals surface area (Å²) in [7, 11) is 0. The average molecular weight is 354 g/mol. The van der Waals surface area contributed by atoms with E-state index < -0.39 is 6.03 Å². The molecule has 0 radical (unpaired) electrons. The summed E-state index contributed by atoms with van der Waals surface area (Å²) < 4.78 is 0. The largest absolute Gasteiger partial charge is 0.359 e. The number of likely N-dealkylation sites (N-methyl/N-ethyl adjacent to an activating group) is 1. The number of hydrogen-bond acceptors (Lipinski definition) is 4. The smallest absolute Gasteiger partial charge is 0.319 e. The van der Waals surface area contributed by atoms with Crippen LogP contribution in [0.1, 0.15) is 6.92 Å². The van der Waals surface area contributed by atoms with Crippen LogP contribution in [0, 0.1) is 0 Å². The molecule has 130 valence electrons. The number of anilines is 2. The van der Waals surface area contributed by atoms with Gasteiger partial charge in [0.2, 0.25) is 11.8 Å². The highest BCUT2D eigenvalue weighted by atomic mass is 35.5. The molecule has 1 heterocycles. The number of amides is 4. The van der Waals surface area contributed by atoms with Crippen LogP contribution in [-0.4, -0.2) is 50.6 Å². The molecule has 1 aliphatic heterocycles. The Balaban J connectivity index is 1.93. The van der Waals surface area contributed by atoms with Crippen LogP contribution in [0.3, 0.4) is 0 Å². The zero-order valence-corrected chi connectivity index (χ0v) is 14.1. The Bertz CT molecular complexity index is 638. The predicted octanol–water partition coefficient (Wildman–Crippen LogP) is 0.534. The minimum atomic E-state index is -0.498. The first-order valence-corrected chi connectivity index (χ1v) is 8.00. The molecular weight excluding hydrogens is 334 g/mol. The number of carbonyl (C=O) groups excluding carboxylic acids is 3. The molecule has 0 saturated carbocycles. The maximum Gasteiger partial charge on any atom is 0.319 e. The van der Waals surface area contributed by atoms with Crippen molar-refractivity contribution >= 4 is 40.8 Å². The number of nitrogens with one attached hydrogen (secondary N) is 4. The third kappa shape index (κ3) is 5.02. The van der Waals surface area contributed by atoms with Crippen molar-refractivity contribution in [3.63, 3.8) is 0 Å². The lowest BCUT2D eigenvalue weighted by atomic mass is 10.2. The van der Waals surface area contributed by atoms with Crippen LogP contribution in [0.5, 0.6) is 0 Å². The fraction of sp³-hybridized carbons (Fsp3) is 0.400. The normalized spacial score (nSPS) is 13.9. The quantitative estimate of drug-likeness (QED) is 0.620. The molecule has 4 N–H and O–H groups in total. The summed E-state index contributed by atoms with van der Waals surface area (Å²) in [5.41, 5.74) is 1.23. The summed E-state index contributed by atoms with van der Waals surface area (Å²) in [4.78, 5) is 36.4. The van der Waals surface area contributed by atoms with Crippen LogP contribution in [0.15, 0.2) is 18.2 Å². The minimum Gasteiger partial charge on any atom is -0.359 e. The molecule has 0 aliphatic carbocycles. The van der Waals surface area contributed by atoms with Gasteiger partial charge in [-0.1, -0.05) is 11.6 Å². The molecule has 1 fully saturated rings. The van der Waals surface area contributed by atoms with Crippen molar-refractivity contribution in [2.45, 2.75) is 6.92 Å². The molecule has 0 aromatic heterocycles. The third-order valence-electron chi connectivity index (χ3n) is 3.37. The van der Waals surface area contributed by atoms with Gasteiger partial charge in [-0.25, -0.2) is 4.79 Å². The Morgan fingerprint density at radius 3 is 2.79 bits per heavy atom. The van der Waals surface area contributed by atoms with Crippen LogP contribution in [0.4, 0.5) is 16.2 Å². The summed E-state index contributed by atoms with van der Waals surface area (Å²) in [6.07, 6.45) is 0. The highest BCUT2D eigenvalue weighted by Crippen LogP contribution is 2.29. The predicted molar refractivity (Wildman–Crippen MR) is 92.4 cm³/mol. The number of piperazine rings is 1. The van der Waals surface area contributed by atoms with E-state index in [2.05, 4.69) is 21.3 Å². The number of urea groups is 1. The van der Waals surface area contributed by atoms with Crippen molar-refractivity contribution in [2.24, 2.45) is 0 Å². The van der Waals surface area contributed by atoms with Gasteiger partial charge < -0.3 is 26.2 Å². The van der Waals surface area contributed by atoms with Crippen LogP contribution in [-0.2, 0) is 9.59 Å². The van der Waals surface area contributed by atoms with E-state index in [1.807, 2.05) is 4.90 Å². The number of halogens is 1. The molecule has 4 amide bonds. The standard InChI is InChI=1S/C15H20ClN5O3/c1-2-17-13(22)8-19-15(24)20-10-3-4-12(11(16)7-10)21-6-5-18-14(23)9-21/h3-4,7H,2,5-6,8-9H2,1H3,(H,17,22)(H,18,23)(H2,19,20,24). The molecule has 0 bridgehead atoms. The van der Waals surface area contributed by atoms with E-state index in [4.69, 9.17) is 11.6 Å². The molecule has 1 aromatic carbocycles. The molecule has 1 aliphatic rings. The van der Waals surface area contributed by atoms with Gasteiger partial charge in [0.15, 0.2) is 0 Å². The van der Waals surface area contributed by atoms with Crippen molar-refractivity contribution < 1.29 is 14.4 Å². The summed E-state index contributed by atoms with van der Waals surface area (Å²) in [5.74, 6) is -0.311. The Morgan fingerprint density at radius 2 is 2.12 bits per heavy atom. The lowest BCUT2D eigenvalue weighted by Gasteiger charge is -2.29. The van der Waals surface area contributed by atoms with E-state index in [1.54, 1.807) is 25.1 Å². The number of nitrogens with zero attached hydrogens (tertiary/aromatic N) is 1. The summed E-state index contributed by atoms with van der Waals surface area (Å²) >= 11 is 6.25. The number of rotatable bonds is 5. The Hall–Kier alpha value is -2.48. The van der Waals surface area contributed by atoms with Gasteiger partial charge in [0.25, 0.3) is 0 Å². The molecule has 0 spiro atoms. The number of benzene rings is 1. The summed E-state index contributed by atoms with van der Waals surface area (Å²) in [5, 5.41) is 10.8. The fourth-order valence-corrected chi connectivity index (χ4v) is 2.58. The van der Waals surface area contributed by atoms with Crippen LogP contribution in [0.2, 0.25) is 5.02 Å². The van der Waals surface area contributed by atoms with Crippen molar-refractivity contribution in [3.05, 3.63) is 23.2 Å². The van der Waals surface area contributed by atoms with Gasteiger partial charge >= 0.3 is 6.03 Å². The monoisotopic (exact) mass is 353 g/mol. The molecule has 9 heteroatoms. The zero-order chi connectivity index (χ0) is 17.5. The maximum absolute atomic E-state index is 11.8. The molecule has 0 unspecified atom stereocenters. The molecule has 2 rings (SSSR count). The number of hydrogen-bond donors (Lipinski definition) is 4. The van der Waals surface area contributed by atoms with Gasteiger partial charge in [-0.3, -0.25) is 9.59 Å².